The van der Waals surface area contributed by atoms with Crippen molar-refractivity contribution in [2.45, 2.75) is 18.7 Å². The Bertz CT molecular complexity index is 385. The average Bonchev–Trinajstić information content (AvgIpc) is 2.76. The Labute approximate surface area is 115 Å². The molecule has 1 atom stereocenters. The molecule has 0 radical (unpaired) electrons. The monoisotopic (exact) mass is 293 g/mol. The van der Waals surface area contributed by atoms with Crippen molar-refractivity contribution in [3.8, 4) is 0 Å². The molecule has 1 saturated heterocycles. The lowest BCUT2D eigenvalue weighted by Gasteiger charge is -2.29. The molecule has 0 aromatic carbocycles. The first-order valence-corrected chi connectivity index (χ1v) is 7.19. The predicted molar refractivity (Wildman–Crippen MR) is 75.1 cm³/mol. The lowest BCUT2D eigenvalue weighted by molar-refractivity contribution is 0.0758. The Morgan fingerprint density at radius 1 is 1.71 bits per heavy atom. The molecule has 0 bridgehead atoms. The fourth-order valence-electron chi connectivity index (χ4n) is 1.67. The number of amides is 1. The summed E-state index contributed by atoms with van der Waals surface area (Å²) in [4.78, 5) is 18.2. The van der Waals surface area contributed by atoms with Gasteiger partial charge in [-0.25, -0.2) is 4.98 Å². The molecule has 0 saturated carbocycles. The van der Waals surface area contributed by atoms with Crippen LogP contribution in [0.25, 0.3) is 0 Å². The molecule has 1 aromatic heterocycles. The molecule has 2 rings (SSSR count). The van der Waals surface area contributed by atoms with E-state index in [1.165, 1.54) is 11.3 Å². The second kappa shape index (κ2) is 6.58. The van der Waals surface area contributed by atoms with E-state index in [1.807, 2.05) is 16.7 Å². The molecular formula is C10H16ClN3OS2. The molecule has 7 heteroatoms. The molecule has 4 nitrogen and oxygen atoms in total. The molecule has 1 amide bonds. The third kappa shape index (κ3) is 3.58. The maximum Gasteiger partial charge on any atom is 0.273 e. The van der Waals surface area contributed by atoms with Gasteiger partial charge in [-0.1, -0.05) is 6.92 Å². The van der Waals surface area contributed by atoms with Crippen molar-refractivity contribution in [1.82, 2.24) is 9.88 Å². The van der Waals surface area contributed by atoms with Crippen LogP contribution in [-0.2, 0) is 6.54 Å². The van der Waals surface area contributed by atoms with Gasteiger partial charge in [0.1, 0.15) is 10.7 Å². The highest BCUT2D eigenvalue weighted by Crippen LogP contribution is 2.20. The first-order valence-electron chi connectivity index (χ1n) is 5.26. The minimum absolute atomic E-state index is 0. The third-order valence-corrected chi connectivity index (χ3v) is 4.48. The van der Waals surface area contributed by atoms with Crippen molar-refractivity contribution in [3.05, 3.63) is 16.1 Å². The molecule has 1 aromatic rings. The summed E-state index contributed by atoms with van der Waals surface area (Å²) in [7, 11) is 0. The molecule has 2 heterocycles. The van der Waals surface area contributed by atoms with Gasteiger partial charge in [-0.2, -0.15) is 11.8 Å². The number of carbonyl (C=O) groups excluding carboxylic acids is 1. The van der Waals surface area contributed by atoms with Gasteiger partial charge in [-0.15, -0.1) is 23.7 Å². The second-order valence-electron chi connectivity index (χ2n) is 3.76. The van der Waals surface area contributed by atoms with E-state index in [-0.39, 0.29) is 18.3 Å². The van der Waals surface area contributed by atoms with E-state index in [0.29, 0.717) is 17.5 Å². The van der Waals surface area contributed by atoms with Gasteiger partial charge in [0.05, 0.1) is 0 Å². The summed E-state index contributed by atoms with van der Waals surface area (Å²) in [5.74, 6) is 1.06. The van der Waals surface area contributed by atoms with Gasteiger partial charge in [0.2, 0.25) is 0 Å². The largest absolute Gasteiger partial charge is 0.335 e. The molecule has 96 valence electrons. The quantitative estimate of drug-likeness (QED) is 0.900. The first kappa shape index (κ1) is 14.8. The topological polar surface area (TPSA) is 59.2 Å². The van der Waals surface area contributed by atoms with E-state index in [9.17, 15) is 4.79 Å². The Morgan fingerprint density at radius 3 is 3.06 bits per heavy atom. The van der Waals surface area contributed by atoms with E-state index in [1.54, 1.807) is 5.38 Å². The summed E-state index contributed by atoms with van der Waals surface area (Å²) in [6.07, 6.45) is 0. The molecule has 0 spiro atoms. The SMILES string of the molecule is CC1CN(C(=O)c2csc(CN)n2)CCS1.Cl. The van der Waals surface area contributed by atoms with Crippen LogP contribution in [0.15, 0.2) is 5.38 Å². The van der Waals surface area contributed by atoms with Crippen molar-refractivity contribution in [3.63, 3.8) is 0 Å². The number of thiazole rings is 1. The molecule has 1 aliphatic rings. The van der Waals surface area contributed by atoms with Gasteiger partial charge in [0.15, 0.2) is 0 Å². The molecule has 1 aliphatic heterocycles. The summed E-state index contributed by atoms with van der Waals surface area (Å²) < 4.78 is 0. The zero-order valence-corrected chi connectivity index (χ0v) is 12.0. The summed E-state index contributed by atoms with van der Waals surface area (Å²) in [5.41, 5.74) is 6.03. The summed E-state index contributed by atoms with van der Waals surface area (Å²) in [6.45, 7) is 4.20. The molecule has 1 unspecified atom stereocenters. The van der Waals surface area contributed by atoms with Gasteiger partial charge >= 0.3 is 0 Å². The van der Waals surface area contributed by atoms with Crippen molar-refractivity contribution in [2.24, 2.45) is 5.73 Å². The number of aromatic nitrogens is 1. The number of thioether (sulfide) groups is 1. The highest BCUT2D eigenvalue weighted by Gasteiger charge is 2.23. The van der Waals surface area contributed by atoms with Gasteiger partial charge in [0, 0.05) is 36.0 Å². The van der Waals surface area contributed by atoms with Crippen LogP contribution in [0, 0.1) is 0 Å². The highest BCUT2D eigenvalue weighted by molar-refractivity contribution is 7.99. The fraction of sp³-hybridized carbons (Fsp3) is 0.600. The highest BCUT2D eigenvalue weighted by atomic mass is 35.5. The number of nitrogens with two attached hydrogens (primary N) is 1. The van der Waals surface area contributed by atoms with Crippen LogP contribution in [-0.4, -0.2) is 39.9 Å². The number of rotatable bonds is 2. The van der Waals surface area contributed by atoms with E-state index in [2.05, 4.69) is 11.9 Å². The average molecular weight is 294 g/mol. The Morgan fingerprint density at radius 2 is 2.47 bits per heavy atom. The standard InChI is InChI=1S/C10H15N3OS2.ClH/c1-7-5-13(2-3-15-7)10(14)8-6-16-9(4-11)12-8;/h6-7H,2-5,11H2,1H3;1H. The maximum atomic E-state index is 12.1. The number of hydrogen-bond acceptors (Lipinski definition) is 5. The molecule has 17 heavy (non-hydrogen) atoms. The summed E-state index contributed by atoms with van der Waals surface area (Å²) >= 11 is 3.37. The van der Waals surface area contributed by atoms with Crippen molar-refractivity contribution >= 4 is 41.4 Å². The maximum absolute atomic E-state index is 12.1. The van der Waals surface area contributed by atoms with Gasteiger partial charge in [-0.3, -0.25) is 4.79 Å². The van der Waals surface area contributed by atoms with Crippen LogP contribution < -0.4 is 5.73 Å². The minimum Gasteiger partial charge on any atom is -0.335 e. The third-order valence-electron chi connectivity index (χ3n) is 2.47. The summed E-state index contributed by atoms with van der Waals surface area (Å²) in [6, 6.07) is 0. The van der Waals surface area contributed by atoms with E-state index >= 15 is 0 Å². The lowest BCUT2D eigenvalue weighted by atomic mass is 10.3. The van der Waals surface area contributed by atoms with Crippen molar-refractivity contribution in [1.29, 1.82) is 0 Å². The van der Waals surface area contributed by atoms with Gasteiger partial charge in [-0.05, 0) is 0 Å². The van der Waals surface area contributed by atoms with Gasteiger partial charge < -0.3 is 10.6 Å². The Kier molecular flexibility index (Phi) is 5.72. The van der Waals surface area contributed by atoms with Crippen LogP contribution >= 0.6 is 35.5 Å². The smallest absolute Gasteiger partial charge is 0.273 e. The van der Waals surface area contributed by atoms with E-state index in [0.717, 1.165) is 23.8 Å². The van der Waals surface area contributed by atoms with Crippen molar-refractivity contribution in [2.75, 3.05) is 18.8 Å². The molecule has 1 fully saturated rings. The zero-order chi connectivity index (χ0) is 11.5. The number of hydrogen-bond donors (Lipinski definition) is 1. The number of carbonyl (C=O) groups is 1. The zero-order valence-electron chi connectivity index (χ0n) is 9.59. The normalized spacial score (nSPS) is 19.9. The second-order valence-corrected chi connectivity index (χ2v) is 6.25. The van der Waals surface area contributed by atoms with E-state index < -0.39 is 0 Å². The van der Waals surface area contributed by atoms with Crippen molar-refractivity contribution < 1.29 is 4.79 Å². The molecule has 2 N–H and O–H groups in total. The van der Waals surface area contributed by atoms with Crippen LogP contribution in [0.2, 0.25) is 0 Å². The van der Waals surface area contributed by atoms with E-state index in [4.69, 9.17) is 5.73 Å². The van der Waals surface area contributed by atoms with Crippen LogP contribution in [0.3, 0.4) is 0 Å². The van der Waals surface area contributed by atoms with Crippen LogP contribution in [0.1, 0.15) is 22.4 Å². The van der Waals surface area contributed by atoms with Gasteiger partial charge in [0.25, 0.3) is 5.91 Å². The summed E-state index contributed by atoms with van der Waals surface area (Å²) in [5, 5.41) is 3.14. The molecule has 0 aliphatic carbocycles. The Hall–Kier alpha value is -0.300. The predicted octanol–water partition coefficient (Wildman–Crippen LogP) is 1.60. The molecular weight excluding hydrogens is 278 g/mol. The minimum atomic E-state index is 0. The Balaban J connectivity index is 0.00000144. The van der Waals surface area contributed by atoms with Crippen LogP contribution in [0.5, 0.6) is 0 Å². The fourth-order valence-corrected chi connectivity index (χ4v) is 3.33. The lowest BCUT2D eigenvalue weighted by Crippen LogP contribution is -2.41. The first-order chi connectivity index (χ1) is 7.70. The van der Waals surface area contributed by atoms with Crippen LogP contribution in [0.4, 0.5) is 0 Å². The number of halogens is 1. The number of nitrogens with zero attached hydrogens (tertiary/aromatic N) is 2.